The van der Waals surface area contributed by atoms with E-state index in [2.05, 4.69) is 6.92 Å². The highest BCUT2D eigenvalue weighted by atomic mass is 19.1. The van der Waals surface area contributed by atoms with Gasteiger partial charge in [0, 0.05) is 5.56 Å². The van der Waals surface area contributed by atoms with Gasteiger partial charge in [-0.15, -0.1) is 0 Å². The van der Waals surface area contributed by atoms with Crippen molar-refractivity contribution in [3.63, 3.8) is 0 Å². The van der Waals surface area contributed by atoms with Gasteiger partial charge in [-0.3, -0.25) is 0 Å². The van der Waals surface area contributed by atoms with Crippen LogP contribution in [0.25, 0.3) is 0 Å². The molecule has 0 heterocycles. The Balaban J connectivity index is 2.14. The smallest absolute Gasteiger partial charge is 0.129 e. The minimum atomic E-state index is -0.880. The Bertz CT molecular complexity index is 405. The Morgan fingerprint density at radius 2 is 2.11 bits per heavy atom. The largest absolute Gasteiger partial charge is 0.388 e. The van der Waals surface area contributed by atoms with Crippen molar-refractivity contribution < 1.29 is 13.9 Å². The summed E-state index contributed by atoms with van der Waals surface area (Å²) in [5.41, 5.74) is 0.108. The van der Waals surface area contributed by atoms with Crippen LogP contribution in [0.3, 0.4) is 0 Å². The lowest BCUT2D eigenvalue weighted by Gasteiger charge is -2.32. The molecule has 0 bridgehead atoms. The predicted molar refractivity (Wildman–Crippen MR) is 67.1 cm³/mol. The Labute approximate surface area is 107 Å². The van der Waals surface area contributed by atoms with Gasteiger partial charge in [0.1, 0.15) is 11.6 Å². The Morgan fingerprint density at radius 3 is 2.83 bits per heavy atom. The molecule has 1 aromatic carbocycles. The second-order valence-electron chi connectivity index (χ2n) is 5.31. The molecule has 1 aromatic rings. The molecular weight excluding hydrogens is 234 g/mol. The first-order valence-electron chi connectivity index (χ1n) is 6.74. The highest BCUT2D eigenvalue weighted by molar-refractivity contribution is 5.21. The molecule has 100 valence electrons. The maximum Gasteiger partial charge on any atom is 0.129 e. The number of aliphatic hydroxyl groups excluding tert-OH is 1. The molecule has 3 heteroatoms. The zero-order valence-electron chi connectivity index (χ0n) is 10.7. The van der Waals surface area contributed by atoms with Crippen molar-refractivity contribution in [1.29, 1.82) is 0 Å². The van der Waals surface area contributed by atoms with Gasteiger partial charge in [0.15, 0.2) is 0 Å². The number of rotatable bonds is 3. The molecule has 1 aliphatic rings. The first-order valence-corrected chi connectivity index (χ1v) is 6.74. The van der Waals surface area contributed by atoms with E-state index >= 15 is 0 Å². The molecule has 1 aliphatic carbocycles. The Morgan fingerprint density at radius 1 is 1.33 bits per heavy atom. The monoisotopic (exact) mass is 254 g/mol. The van der Waals surface area contributed by atoms with E-state index in [1.54, 1.807) is 0 Å². The number of aliphatic hydroxyl groups is 1. The van der Waals surface area contributed by atoms with Crippen molar-refractivity contribution >= 4 is 0 Å². The quantitative estimate of drug-likeness (QED) is 0.856. The lowest BCUT2D eigenvalue weighted by atomic mass is 9.76. The maximum atomic E-state index is 13.6. The molecule has 18 heavy (non-hydrogen) atoms. The zero-order chi connectivity index (χ0) is 13.1. The second-order valence-corrected chi connectivity index (χ2v) is 5.31. The molecule has 0 amide bonds. The first-order chi connectivity index (χ1) is 8.61. The van der Waals surface area contributed by atoms with Gasteiger partial charge in [-0.2, -0.15) is 0 Å². The van der Waals surface area contributed by atoms with E-state index in [4.69, 9.17) is 0 Å². The lowest BCUT2D eigenvalue weighted by molar-refractivity contribution is 0.0647. The van der Waals surface area contributed by atoms with Crippen LogP contribution < -0.4 is 0 Å². The van der Waals surface area contributed by atoms with Gasteiger partial charge in [0.2, 0.25) is 0 Å². The summed E-state index contributed by atoms with van der Waals surface area (Å²) in [6.45, 7) is 2.14. The van der Waals surface area contributed by atoms with E-state index < -0.39 is 17.7 Å². The van der Waals surface area contributed by atoms with Crippen LogP contribution in [0.4, 0.5) is 8.78 Å². The Kier molecular flexibility index (Phi) is 4.33. The lowest BCUT2D eigenvalue weighted by Crippen LogP contribution is -2.22. The summed E-state index contributed by atoms with van der Waals surface area (Å²) in [5, 5.41) is 10.3. The maximum absolute atomic E-state index is 13.6. The summed E-state index contributed by atoms with van der Waals surface area (Å²) in [6, 6.07) is 3.30. The summed E-state index contributed by atoms with van der Waals surface area (Å²) in [7, 11) is 0. The normalized spacial score (nSPS) is 26.0. The van der Waals surface area contributed by atoms with Crippen molar-refractivity contribution in [1.82, 2.24) is 0 Å². The van der Waals surface area contributed by atoms with Gasteiger partial charge in [-0.05, 0) is 42.9 Å². The van der Waals surface area contributed by atoms with Crippen molar-refractivity contribution in [2.24, 2.45) is 11.8 Å². The van der Waals surface area contributed by atoms with Gasteiger partial charge < -0.3 is 5.11 Å². The molecule has 0 aliphatic heterocycles. The van der Waals surface area contributed by atoms with Crippen molar-refractivity contribution in [3.8, 4) is 0 Å². The van der Waals surface area contributed by atoms with Crippen LogP contribution in [-0.2, 0) is 0 Å². The molecule has 1 N–H and O–H groups in total. The fourth-order valence-corrected chi connectivity index (χ4v) is 2.99. The zero-order valence-corrected chi connectivity index (χ0v) is 10.7. The SMILES string of the molecule is CCC1CCCC(C(O)c2cc(F)ccc2F)C1. The fraction of sp³-hybridized carbons (Fsp3) is 0.600. The standard InChI is InChI=1S/C15H20F2O/c1-2-10-4-3-5-11(8-10)15(18)13-9-12(16)6-7-14(13)17/h6-7,9-11,15,18H,2-5,8H2,1H3. The summed E-state index contributed by atoms with van der Waals surface area (Å²) >= 11 is 0. The van der Waals surface area contributed by atoms with Crippen molar-refractivity contribution in [2.45, 2.75) is 45.1 Å². The summed E-state index contributed by atoms with van der Waals surface area (Å²) in [4.78, 5) is 0. The molecule has 0 aromatic heterocycles. The molecule has 3 unspecified atom stereocenters. The van der Waals surface area contributed by atoms with Gasteiger partial charge in [0.05, 0.1) is 6.10 Å². The van der Waals surface area contributed by atoms with Crippen LogP contribution in [0.5, 0.6) is 0 Å². The highest BCUT2D eigenvalue weighted by Crippen LogP contribution is 2.39. The fourth-order valence-electron chi connectivity index (χ4n) is 2.99. The van der Waals surface area contributed by atoms with Crippen LogP contribution in [0, 0.1) is 23.5 Å². The average molecular weight is 254 g/mol. The van der Waals surface area contributed by atoms with E-state index in [1.807, 2.05) is 0 Å². The van der Waals surface area contributed by atoms with E-state index in [0.29, 0.717) is 5.92 Å². The summed E-state index contributed by atoms with van der Waals surface area (Å²) < 4.78 is 26.8. The number of hydrogen-bond donors (Lipinski definition) is 1. The number of halogens is 2. The molecule has 1 nitrogen and oxygen atoms in total. The minimum Gasteiger partial charge on any atom is -0.388 e. The predicted octanol–water partition coefficient (Wildman–Crippen LogP) is 4.21. The Hall–Kier alpha value is -0.960. The molecule has 1 fully saturated rings. The van der Waals surface area contributed by atoms with E-state index in [0.717, 1.165) is 43.9 Å². The third-order valence-corrected chi connectivity index (χ3v) is 4.12. The summed E-state index contributed by atoms with van der Waals surface area (Å²) in [5.74, 6) is -0.342. The molecule has 0 saturated heterocycles. The molecule has 2 rings (SSSR count). The third kappa shape index (κ3) is 2.89. The highest BCUT2D eigenvalue weighted by Gasteiger charge is 2.29. The van der Waals surface area contributed by atoms with E-state index in [1.165, 1.54) is 6.42 Å². The number of hydrogen-bond acceptors (Lipinski definition) is 1. The molecule has 3 atom stereocenters. The van der Waals surface area contributed by atoms with Crippen LogP contribution >= 0.6 is 0 Å². The number of benzene rings is 1. The second kappa shape index (κ2) is 5.79. The van der Waals surface area contributed by atoms with Gasteiger partial charge in [-0.1, -0.05) is 26.2 Å². The first kappa shape index (κ1) is 13.5. The van der Waals surface area contributed by atoms with E-state index in [9.17, 15) is 13.9 Å². The molecule has 0 spiro atoms. The van der Waals surface area contributed by atoms with Crippen molar-refractivity contribution in [2.75, 3.05) is 0 Å². The van der Waals surface area contributed by atoms with Gasteiger partial charge >= 0.3 is 0 Å². The topological polar surface area (TPSA) is 20.2 Å². The molecule has 0 radical (unpaired) electrons. The third-order valence-electron chi connectivity index (χ3n) is 4.12. The van der Waals surface area contributed by atoms with Crippen LogP contribution in [0.15, 0.2) is 18.2 Å². The van der Waals surface area contributed by atoms with Crippen LogP contribution in [0.2, 0.25) is 0 Å². The minimum absolute atomic E-state index is 0.0556. The van der Waals surface area contributed by atoms with E-state index in [-0.39, 0.29) is 11.5 Å². The van der Waals surface area contributed by atoms with Gasteiger partial charge in [-0.25, -0.2) is 8.78 Å². The molecular formula is C15H20F2O. The van der Waals surface area contributed by atoms with Crippen LogP contribution in [0.1, 0.15) is 50.7 Å². The average Bonchev–Trinajstić information content (AvgIpc) is 2.41. The van der Waals surface area contributed by atoms with Crippen molar-refractivity contribution in [3.05, 3.63) is 35.4 Å². The van der Waals surface area contributed by atoms with Gasteiger partial charge in [0.25, 0.3) is 0 Å². The van der Waals surface area contributed by atoms with Crippen LogP contribution in [-0.4, -0.2) is 5.11 Å². The summed E-state index contributed by atoms with van der Waals surface area (Å²) in [6.07, 6.45) is 4.27. The molecule has 1 saturated carbocycles.